The fourth-order valence-corrected chi connectivity index (χ4v) is 5.50. The first-order valence-corrected chi connectivity index (χ1v) is 10.1. The van der Waals surface area contributed by atoms with Gasteiger partial charge in [0.05, 0.1) is 26.3 Å². The number of ether oxygens (including phenoxy) is 2. The molecule has 0 bridgehead atoms. The number of fused-ring (bicyclic) bond motifs is 3. The van der Waals surface area contributed by atoms with Crippen LogP contribution in [-0.2, 0) is 11.3 Å². The fourth-order valence-electron chi connectivity index (χ4n) is 3.40. The van der Waals surface area contributed by atoms with Crippen LogP contribution >= 0.6 is 23.1 Å². The van der Waals surface area contributed by atoms with Crippen LogP contribution in [0.15, 0.2) is 29.6 Å². The molecule has 2 aliphatic rings. The quantitative estimate of drug-likeness (QED) is 0.850. The van der Waals surface area contributed by atoms with Crippen molar-refractivity contribution in [2.45, 2.75) is 18.0 Å². The van der Waals surface area contributed by atoms with Crippen molar-refractivity contribution in [1.29, 1.82) is 0 Å². The van der Waals surface area contributed by atoms with Crippen LogP contribution in [-0.4, -0.2) is 42.7 Å². The van der Waals surface area contributed by atoms with Gasteiger partial charge < -0.3 is 19.7 Å². The summed E-state index contributed by atoms with van der Waals surface area (Å²) in [4.78, 5) is 28.5. The highest BCUT2D eigenvalue weighted by Gasteiger charge is 2.50. The number of methoxy groups -OCH3 is 2. The number of thioether (sulfide) groups is 1. The Kier molecular flexibility index (Phi) is 4.54. The van der Waals surface area contributed by atoms with Gasteiger partial charge in [0.25, 0.3) is 5.91 Å². The van der Waals surface area contributed by atoms with E-state index in [0.717, 1.165) is 10.4 Å². The molecule has 3 heterocycles. The van der Waals surface area contributed by atoms with Crippen LogP contribution in [0.4, 0.5) is 0 Å². The second-order valence-corrected chi connectivity index (χ2v) is 8.12. The minimum absolute atomic E-state index is 0.125. The van der Waals surface area contributed by atoms with E-state index in [2.05, 4.69) is 5.32 Å². The van der Waals surface area contributed by atoms with Crippen molar-refractivity contribution in [3.63, 3.8) is 0 Å². The van der Waals surface area contributed by atoms with Gasteiger partial charge in [0.2, 0.25) is 5.91 Å². The van der Waals surface area contributed by atoms with Crippen LogP contribution < -0.4 is 14.8 Å². The van der Waals surface area contributed by atoms with E-state index in [1.54, 1.807) is 41.2 Å². The number of nitrogens with zero attached hydrogens (tertiary/aromatic N) is 1. The van der Waals surface area contributed by atoms with Crippen molar-refractivity contribution in [3.05, 3.63) is 45.6 Å². The molecule has 2 aromatic rings. The van der Waals surface area contributed by atoms with Gasteiger partial charge in [0.1, 0.15) is 11.4 Å². The average Bonchev–Trinajstić information content (AvgIpc) is 3.37. The zero-order valence-electron chi connectivity index (χ0n) is 14.4. The van der Waals surface area contributed by atoms with Crippen LogP contribution in [0.2, 0.25) is 0 Å². The topological polar surface area (TPSA) is 67.9 Å². The monoisotopic (exact) mass is 390 g/mol. The summed E-state index contributed by atoms with van der Waals surface area (Å²) in [7, 11) is 3.06. The lowest BCUT2D eigenvalue weighted by Gasteiger charge is -2.22. The van der Waals surface area contributed by atoms with Crippen molar-refractivity contribution in [2.75, 3.05) is 20.0 Å². The minimum atomic E-state index is -0.486. The largest absolute Gasteiger partial charge is 0.493 e. The summed E-state index contributed by atoms with van der Waals surface area (Å²) in [5, 5.41) is 4.76. The molecule has 0 spiro atoms. The molecule has 8 heteroatoms. The molecule has 1 saturated heterocycles. The van der Waals surface area contributed by atoms with Gasteiger partial charge in [-0.3, -0.25) is 9.59 Å². The van der Waals surface area contributed by atoms with Gasteiger partial charge in [-0.15, -0.1) is 23.1 Å². The maximum atomic E-state index is 13.1. The van der Waals surface area contributed by atoms with Gasteiger partial charge in [-0.1, -0.05) is 12.1 Å². The minimum Gasteiger partial charge on any atom is -0.493 e. The summed E-state index contributed by atoms with van der Waals surface area (Å²) >= 11 is 3.20. The molecule has 0 radical (unpaired) electrons. The number of amides is 2. The number of carbonyl (C=O) groups excluding carboxylic acids is 2. The first-order valence-electron chi connectivity index (χ1n) is 8.15. The number of hydrogen-bond donors (Lipinski definition) is 1. The van der Waals surface area contributed by atoms with Crippen LogP contribution in [0.1, 0.15) is 26.2 Å². The molecule has 2 amide bonds. The Morgan fingerprint density at radius 1 is 1.31 bits per heavy atom. The molecule has 1 N–H and O–H groups in total. The second kappa shape index (κ2) is 6.85. The lowest BCUT2D eigenvalue weighted by Crippen LogP contribution is -2.45. The Hall–Kier alpha value is -2.19. The van der Waals surface area contributed by atoms with E-state index < -0.39 is 6.04 Å². The zero-order valence-corrected chi connectivity index (χ0v) is 16.0. The average molecular weight is 390 g/mol. The van der Waals surface area contributed by atoms with Gasteiger partial charge in [0.15, 0.2) is 11.5 Å². The molecule has 2 atom stereocenters. The molecule has 2 aliphatic heterocycles. The van der Waals surface area contributed by atoms with Gasteiger partial charge in [-0.05, 0) is 17.5 Å². The Morgan fingerprint density at radius 3 is 2.85 bits per heavy atom. The van der Waals surface area contributed by atoms with Gasteiger partial charge in [-0.2, -0.15) is 0 Å². The molecule has 26 heavy (non-hydrogen) atoms. The SMILES string of the molecule is COc1ccc2c(c1OC)C(=O)N1C(C(=O)NCc3cccs3)CSC21. The maximum absolute atomic E-state index is 13.1. The highest BCUT2D eigenvalue weighted by molar-refractivity contribution is 7.99. The first kappa shape index (κ1) is 17.2. The van der Waals surface area contributed by atoms with E-state index in [0.29, 0.717) is 29.4 Å². The Balaban J connectivity index is 1.58. The van der Waals surface area contributed by atoms with E-state index >= 15 is 0 Å². The summed E-state index contributed by atoms with van der Waals surface area (Å²) in [5.74, 6) is 1.23. The third-order valence-corrected chi connectivity index (χ3v) is 6.79. The number of carbonyl (C=O) groups is 2. The number of hydrogen-bond acceptors (Lipinski definition) is 6. The van der Waals surface area contributed by atoms with E-state index in [4.69, 9.17) is 9.47 Å². The second-order valence-electron chi connectivity index (χ2n) is 5.98. The third kappa shape index (κ3) is 2.64. The molecule has 2 unspecified atom stereocenters. The molecule has 6 nitrogen and oxygen atoms in total. The number of rotatable bonds is 5. The van der Waals surface area contributed by atoms with E-state index in [1.807, 2.05) is 23.6 Å². The molecule has 1 fully saturated rings. The van der Waals surface area contributed by atoms with Crippen LogP contribution in [0.3, 0.4) is 0 Å². The molecule has 0 aliphatic carbocycles. The van der Waals surface area contributed by atoms with Crippen LogP contribution in [0.5, 0.6) is 11.5 Å². The lowest BCUT2D eigenvalue weighted by atomic mass is 10.1. The molecule has 1 aromatic carbocycles. The smallest absolute Gasteiger partial charge is 0.260 e. The standard InChI is InChI=1S/C18H18N2O4S2/c1-23-13-6-5-11-14(15(13)24-2)17(22)20-12(9-26-18(11)20)16(21)19-8-10-4-3-7-25-10/h3-7,12,18H,8-9H2,1-2H3,(H,19,21). The third-order valence-electron chi connectivity index (χ3n) is 4.61. The van der Waals surface area contributed by atoms with Crippen molar-refractivity contribution in [1.82, 2.24) is 10.2 Å². The van der Waals surface area contributed by atoms with Crippen LogP contribution in [0, 0.1) is 0 Å². The van der Waals surface area contributed by atoms with Gasteiger partial charge >= 0.3 is 0 Å². The van der Waals surface area contributed by atoms with Crippen molar-refractivity contribution >= 4 is 34.9 Å². The summed E-state index contributed by atoms with van der Waals surface area (Å²) in [6, 6.07) is 7.14. The first-order chi connectivity index (χ1) is 12.7. The predicted molar refractivity (Wildman–Crippen MR) is 101 cm³/mol. The lowest BCUT2D eigenvalue weighted by molar-refractivity contribution is -0.124. The van der Waals surface area contributed by atoms with Gasteiger partial charge in [-0.25, -0.2) is 0 Å². The maximum Gasteiger partial charge on any atom is 0.260 e. The van der Waals surface area contributed by atoms with Crippen molar-refractivity contribution < 1.29 is 19.1 Å². The highest BCUT2D eigenvalue weighted by atomic mass is 32.2. The van der Waals surface area contributed by atoms with Gasteiger partial charge in [0, 0.05) is 16.2 Å². The summed E-state index contributed by atoms with van der Waals surface area (Å²) in [6.07, 6.45) is 0. The fraction of sp³-hybridized carbons (Fsp3) is 0.333. The molecular formula is C18H18N2O4S2. The molecule has 0 saturated carbocycles. The number of nitrogens with one attached hydrogen (secondary N) is 1. The van der Waals surface area contributed by atoms with E-state index in [-0.39, 0.29) is 17.2 Å². The van der Waals surface area contributed by atoms with Crippen LogP contribution in [0.25, 0.3) is 0 Å². The normalized spacial score (nSPS) is 20.7. The van der Waals surface area contributed by atoms with Crippen molar-refractivity contribution in [3.8, 4) is 11.5 Å². The predicted octanol–water partition coefficient (Wildman–Crippen LogP) is 2.65. The molecule has 136 valence electrons. The number of benzene rings is 1. The number of thiophene rings is 1. The Labute approximate surface area is 159 Å². The summed E-state index contributed by atoms with van der Waals surface area (Å²) < 4.78 is 10.7. The summed E-state index contributed by atoms with van der Waals surface area (Å²) in [5.41, 5.74) is 1.38. The zero-order chi connectivity index (χ0) is 18.3. The molecular weight excluding hydrogens is 372 g/mol. The Morgan fingerprint density at radius 2 is 2.15 bits per heavy atom. The van der Waals surface area contributed by atoms with E-state index in [1.165, 1.54) is 7.11 Å². The molecule has 1 aromatic heterocycles. The van der Waals surface area contributed by atoms with E-state index in [9.17, 15) is 9.59 Å². The van der Waals surface area contributed by atoms with Crippen molar-refractivity contribution in [2.24, 2.45) is 0 Å². The molecule has 4 rings (SSSR count). The highest BCUT2D eigenvalue weighted by Crippen LogP contribution is 2.52. The Bertz CT molecular complexity index is 853. The summed E-state index contributed by atoms with van der Waals surface area (Å²) in [6.45, 7) is 0.481.